The van der Waals surface area contributed by atoms with Crippen molar-refractivity contribution in [1.82, 2.24) is 4.98 Å². The molecule has 2 heterocycles. The fraction of sp³-hybridized carbons (Fsp3) is 0.273. The van der Waals surface area contributed by atoms with E-state index in [4.69, 9.17) is 0 Å². The molecular weight excluding hydrogens is 386 g/mol. The molecule has 0 aliphatic carbocycles. The molecule has 0 atom stereocenters. The van der Waals surface area contributed by atoms with E-state index in [2.05, 4.69) is 10.3 Å². The van der Waals surface area contributed by atoms with Crippen molar-refractivity contribution in [2.24, 2.45) is 0 Å². The van der Waals surface area contributed by atoms with Crippen LogP contribution in [0.15, 0.2) is 54.6 Å². The zero-order valence-electron chi connectivity index (χ0n) is 16.4. The van der Waals surface area contributed by atoms with E-state index in [9.17, 15) is 13.2 Å². The first-order chi connectivity index (χ1) is 13.8. The minimum Gasteiger partial charge on any atom is -0.322 e. The normalized spacial score (nSPS) is 15.8. The third-order valence-electron chi connectivity index (χ3n) is 5.08. The van der Waals surface area contributed by atoms with Gasteiger partial charge in [-0.1, -0.05) is 32.0 Å². The third-order valence-corrected chi connectivity index (χ3v) is 6.95. The number of carbonyl (C=O) groups excluding carboxylic acids is 1. The number of amides is 1. The fourth-order valence-corrected chi connectivity index (χ4v) is 5.08. The highest BCUT2D eigenvalue weighted by Crippen LogP contribution is 2.27. The number of hydrogen-bond acceptors (Lipinski definition) is 4. The van der Waals surface area contributed by atoms with Crippen LogP contribution in [0.2, 0.25) is 0 Å². The van der Waals surface area contributed by atoms with E-state index in [1.807, 2.05) is 44.2 Å². The molecule has 0 spiro atoms. The van der Waals surface area contributed by atoms with Gasteiger partial charge in [0.25, 0.3) is 5.91 Å². The molecular formula is C22H23N3O3S. The summed E-state index contributed by atoms with van der Waals surface area (Å²) in [5.74, 6) is 0.165. The van der Waals surface area contributed by atoms with Crippen molar-refractivity contribution in [2.75, 3.05) is 21.9 Å². The summed E-state index contributed by atoms with van der Waals surface area (Å²) in [5, 5.41) is 3.72. The number of fused-ring (bicyclic) bond motifs is 1. The van der Waals surface area contributed by atoms with Crippen LogP contribution in [0, 0.1) is 0 Å². The molecule has 2 aromatic carbocycles. The molecule has 6 nitrogen and oxygen atoms in total. The lowest BCUT2D eigenvalue weighted by Gasteiger charge is -2.17. The quantitative estimate of drug-likeness (QED) is 0.702. The topological polar surface area (TPSA) is 79.4 Å². The van der Waals surface area contributed by atoms with E-state index >= 15 is 0 Å². The molecule has 1 N–H and O–H groups in total. The number of pyridine rings is 1. The Labute approximate surface area is 170 Å². The minimum absolute atomic E-state index is 0.179. The SMILES string of the molecule is CC(C)c1cc(C(=O)Nc2ccc(N3CCCS3(=O)=O)cc2)c2ccccc2n1. The fourth-order valence-electron chi connectivity index (χ4n) is 3.52. The molecule has 1 aromatic heterocycles. The summed E-state index contributed by atoms with van der Waals surface area (Å²) in [7, 11) is -3.22. The highest BCUT2D eigenvalue weighted by atomic mass is 32.2. The number of benzene rings is 2. The van der Waals surface area contributed by atoms with Gasteiger partial charge in [0.15, 0.2) is 0 Å². The zero-order chi connectivity index (χ0) is 20.6. The van der Waals surface area contributed by atoms with Gasteiger partial charge in [0, 0.05) is 23.3 Å². The second-order valence-electron chi connectivity index (χ2n) is 7.51. The number of carbonyl (C=O) groups is 1. The van der Waals surface area contributed by atoms with Gasteiger partial charge in [0.2, 0.25) is 10.0 Å². The number of nitrogens with zero attached hydrogens (tertiary/aromatic N) is 2. The molecule has 0 unspecified atom stereocenters. The number of rotatable bonds is 4. The van der Waals surface area contributed by atoms with E-state index in [0.717, 1.165) is 16.6 Å². The first-order valence-electron chi connectivity index (χ1n) is 9.67. The summed E-state index contributed by atoms with van der Waals surface area (Å²) in [6, 6.07) is 16.3. The van der Waals surface area contributed by atoms with E-state index < -0.39 is 10.0 Å². The molecule has 0 radical (unpaired) electrons. The van der Waals surface area contributed by atoms with Gasteiger partial charge in [-0.05, 0) is 48.7 Å². The van der Waals surface area contributed by atoms with Crippen molar-refractivity contribution in [3.05, 3.63) is 65.9 Å². The van der Waals surface area contributed by atoms with Crippen LogP contribution in [0.3, 0.4) is 0 Å². The number of aromatic nitrogens is 1. The summed E-state index contributed by atoms with van der Waals surface area (Å²) in [6.07, 6.45) is 0.633. The van der Waals surface area contributed by atoms with Gasteiger partial charge in [0.05, 0.1) is 22.5 Å². The smallest absolute Gasteiger partial charge is 0.256 e. The third kappa shape index (κ3) is 3.82. The second kappa shape index (κ2) is 7.48. The predicted molar refractivity (Wildman–Crippen MR) is 116 cm³/mol. The van der Waals surface area contributed by atoms with Crippen LogP contribution in [0.1, 0.15) is 42.2 Å². The van der Waals surface area contributed by atoms with Crippen LogP contribution in [-0.2, 0) is 10.0 Å². The maximum Gasteiger partial charge on any atom is 0.256 e. The molecule has 1 fully saturated rings. The van der Waals surface area contributed by atoms with E-state index in [1.165, 1.54) is 4.31 Å². The van der Waals surface area contributed by atoms with Gasteiger partial charge in [-0.2, -0.15) is 0 Å². The lowest BCUT2D eigenvalue weighted by Crippen LogP contribution is -2.25. The molecule has 1 saturated heterocycles. The molecule has 150 valence electrons. The highest BCUT2D eigenvalue weighted by molar-refractivity contribution is 7.93. The van der Waals surface area contributed by atoms with Gasteiger partial charge in [-0.25, -0.2) is 8.42 Å². The van der Waals surface area contributed by atoms with Gasteiger partial charge in [0.1, 0.15) is 0 Å². The van der Waals surface area contributed by atoms with Crippen LogP contribution in [0.25, 0.3) is 10.9 Å². The number of hydrogen-bond donors (Lipinski definition) is 1. The summed E-state index contributed by atoms with van der Waals surface area (Å²) in [6.45, 7) is 4.59. The molecule has 4 rings (SSSR count). The molecule has 1 amide bonds. The molecule has 0 bridgehead atoms. The second-order valence-corrected chi connectivity index (χ2v) is 9.52. The first kappa shape index (κ1) is 19.4. The van der Waals surface area contributed by atoms with Crippen LogP contribution in [-0.4, -0.2) is 31.6 Å². The van der Waals surface area contributed by atoms with Crippen LogP contribution in [0.5, 0.6) is 0 Å². The Bertz CT molecular complexity index is 1170. The largest absolute Gasteiger partial charge is 0.322 e. The van der Waals surface area contributed by atoms with Crippen LogP contribution in [0.4, 0.5) is 11.4 Å². The first-order valence-corrected chi connectivity index (χ1v) is 11.3. The number of anilines is 2. The van der Waals surface area contributed by atoms with Crippen molar-refractivity contribution in [3.63, 3.8) is 0 Å². The zero-order valence-corrected chi connectivity index (χ0v) is 17.2. The summed E-state index contributed by atoms with van der Waals surface area (Å²) < 4.78 is 25.6. The Morgan fingerprint density at radius 2 is 1.83 bits per heavy atom. The number of nitrogens with one attached hydrogen (secondary N) is 1. The molecule has 7 heteroatoms. The average Bonchev–Trinajstić information content (AvgIpc) is 3.06. The molecule has 0 saturated carbocycles. The summed E-state index contributed by atoms with van der Waals surface area (Å²) in [5.41, 5.74) is 3.46. The van der Waals surface area contributed by atoms with Gasteiger partial charge >= 0.3 is 0 Å². The molecule has 1 aliphatic heterocycles. The Morgan fingerprint density at radius 1 is 1.10 bits per heavy atom. The molecule has 3 aromatic rings. The summed E-state index contributed by atoms with van der Waals surface area (Å²) in [4.78, 5) is 17.7. The van der Waals surface area contributed by atoms with Crippen molar-refractivity contribution >= 4 is 38.2 Å². The van der Waals surface area contributed by atoms with E-state index in [1.54, 1.807) is 24.3 Å². The van der Waals surface area contributed by atoms with Gasteiger partial charge < -0.3 is 5.32 Å². The monoisotopic (exact) mass is 409 g/mol. The number of sulfonamides is 1. The molecule has 1 aliphatic rings. The Morgan fingerprint density at radius 3 is 2.48 bits per heavy atom. The minimum atomic E-state index is -3.22. The maximum atomic E-state index is 13.0. The van der Waals surface area contributed by atoms with E-state index in [0.29, 0.717) is 29.9 Å². The average molecular weight is 410 g/mol. The molecule has 29 heavy (non-hydrogen) atoms. The Kier molecular flexibility index (Phi) is 5.00. The van der Waals surface area contributed by atoms with Gasteiger partial charge in [-0.3, -0.25) is 14.1 Å². The highest BCUT2D eigenvalue weighted by Gasteiger charge is 2.28. The van der Waals surface area contributed by atoms with Crippen molar-refractivity contribution in [1.29, 1.82) is 0 Å². The van der Waals surface area contributed by atoms with Gasteiger partial charge in [-0.15, -0.1) is 0 Å². The van der Waals surface area contributed by atoms with Crippen molar-refractivity contribution in [3.8, 4) is 0 Å². The standard InChI is InChI=1S/C22H23N3O3S/c1-15(2)21-14-19(18-6-3-4-7-20(18)24-21)22(26)23-16-8-10-17(11-9-16)25-12-5-13-29(25,27)28/h3-4,6-11,14-15H,5,12-13H2,1-2H3,(H,23,26). The Balaban J connectivity index is 1.61. The number of para-hydroxylation sites is 1. The van der Waals surface area contributed by atoms with Crippen LogP contribution < -0.4 is 9.62 Å². The summed E-state index contributed by atoms with van der Waals surface area (Å²) >= 11 is 0. The lowest BCUT2D eigenvalue weighted by atomic mass is 10.0. The van der Waals surface area contributed by atoms with Crippen molar-refractivity contribution < 1.29 is 13.2 Å². The van der Waals surface area contributed by atoms with Crippen LogP contribution >= 0.6 is 0 Å². The van der Waals surface area contributed by atoms with Crippen molar-refractivity contribution in [2.45, 2.75) is 26.2 Å². The van der Waals surface area contributed by atoms with E-state index in [-0.39, 0.29) is 17.6 Å². The Hall–Kier alpha value is -2.93. The predicted octanol–water partition coefficient (Wildman–Crippen LogP) is 4.15. The lowest BCUT2D eigenvalue weighted by molar-refractivity contribution is 0.102. The maximum absolute atomic E-state index is 13.0.